The molecule has 1 N–H and O–H groups in total. The predicted molar refractivity (Wildman–Crippen MR) is 131 cm³/mol. The number of aryl methyl sites for hydroxylation is 1. The van der Waals surface area contributed by atoms with Crippen LogP contribution in [0.4, 0.5) is 5.00 Å². The number of nitrogens with zero attached hydrogens (tertiary/aromatic N) is 3. The van der Waals surface area contributed by atoms with Crippen molar-refractivity contribution in [3.05, 3.63) is 38.4 Å². The molecule has 0 saturated carbocycles. The van der Waals surface area contributed by atoms with E-state index in [0.29, 0.717) is 39.2 Å². The highest BCUT2D eigenvalue weighted by Gasteiger charge is 2.32. The molecule has 2 heterocycles. The lowest BCUT2D eigenvalue weighted by molar-refractivity contribution is -0.115. The summed E-state index contributed by atoms with van der Waals surface area (Å²) in [7, 11) is 0. The fraction of sp³-hybridized carbons (Fsp3) is 0.520. The van der Waals surface area contributed by atoms with Gasteiger partial charge in [-0.05, 0) is 68.1 Å². The molecule has 168 valence electrons. The highest BCUT2D eigenvalue weighted by atomic mass is 32.2. The van der Waals surface area contributed by atoms with E-state index in [1.54, 1.807) is 11.3 Å². The SMILES string of the molecule is Cc1nc(SCCC(=O)Nc2sc3c(c2C#N)CCC(C(C)(C)C)C3)c(C#N)c(C)c1C. The van der Waals surface area contributed by atoms with E-state index in [9.17, 15) is 15.3 Å². The first-order valence-electron chi connectivity index (χ1n) is 10.9. The van der Waals surface area contributed by atoms with Gasteiger partial charge in [-0.1, -0.05) is 20.8 Å². The fourth-order valence-corrected chi connectivity index (χ4v) is 6.43. The summed E-state index contributed by atoms with van der Waals surface area (Å²) in [5, 5.41) is 23.6. The standard InChI is InChI=1S/C25H30N4OS2/c1-14-15(2)19(12-26)23(28-16(14)3)31-10-9-22(30)29-24-20(13-27)18-8-7-17(25(4,5)6)11-21(18)32-24/h17H,7-11H2,1-6H3,(H,29,30). The summed E-state index contributed by atoms with van der Waals surface area (Å²) in [6.45, 7) is 12.7. The van der Waals surface area contributed by atoms with Crippen LogP contribution in [0.3, 0.4) is 0 Å². The van der Waals surface area contributed by atoms with Crippen LogP contribution in [0.15, 0.2) is 5.03 Å². The number of rotatable bonds is 5. The number of nitrogens with one attached hydrogen (secondary N) is 1. The second kappa shape index (κ2) is 9.65. The molecule has 1 aliphatic carbocycles. The van der Waals surface area contributed by atoms with Gasteiger partial charge >= 0.3 is 0 Å². The first kappa shape index (κ1) is 24.3. The van der Waals surface area contributed by atoms with Crippen LogP contribution in [-0.2, 0) is 17.6 Å². The van der Waals surface area contributed by atoms with Gasteiger partial charge in [-0.25, -0.2) is 4.98 Å². The third-order valence-electron chi connectivity index (χ3n) is 6.50. The van der Waals surface area contributed by atoms with Crippen LogP contribution in [0.1, 0.15) is 72.0 Å². The maximum atomic E-state index is 12.6. The third kappa shape index (κ3) is 5.00. The average molecular weight is 467 g/mol. The molecule has 0 saturated heterocycles. The van der Waals surface area contributed by atoms with E-state index in [1.165, 1.54) is 16.6 Å². The number of thiophene rings is 1. The van der Waals surface area contributed by atoms with Crippen LogP contribution < -0.4 is 5.32 Å². The lowest BCUT2D eigenvalue weighted by Gasteiger charge is -2.33. The lowest BCUT2D eigenvalue weighted by Crippen LogP contribution is -2.26. The number of hydrogen-bond acceptors (Lipinski definition) is 6. The molecule has 1 unspecified atom stereocenters. The summed E-state index contributed by atoms with van der Waals surface area (Å²) in [5.41, 5.74) is 5.46. The van der Waals surface area contributed by atoms with Gasteiger partial charge in [-0.3, -0.25) is 4.79 Å². The summed E-state index contributed by atoms with van der Waals surface area (Å²) in [6.07, 6.45) is 3.24. The number of aromatic nitrogens is 1. The molecule has 0 aliphatic heterocycles. The Morgan fingerprint density at radius 2 is 1.88 bits per heavy atom. The van der Waals surface area contributed by atoms with Gasteiger partial charge in [0.2, 0.25) is 5.91 Å². The molecule has 3 rings (SSSR count). The van der Waals surface area contributed by atoms with Crippen LogP contribution in [0.5, 0.6) is 0 Å². The van der Waals surface area contributed by atoms with Gasteiger partial charge < -0.3 is 5.32 Å². The van der Waals surface area contributed by atoms with Gasteiger partial charge in [-0.15, -0.1) is 23.1 Å². The van der Waals surface area contributed by atoms with Crippen molar-refractivity contribution in [2.45, 2.75) is 72.3 Å². The molecule has 1 aliphatic rings. The highest BCUT2D eigenvalue weighted by Crippen LogP contribution is 2.44. The minimum atomic E-state index is -0.112. The van der Waals surface area contributed by atoms with Gasteiger partial charge in [-0.2, -0.15) is 10.5 Å². The van der Waals surface area contributed by atoms with Crippen LogP contribution >= 0.6 is 23.1 Å². The molecular formula is C25H30N4OS2. The number of hydrogen-bond donors (Lipinski definition) is 1. The van der Waals surface area contributed by atoms with E-state index in [1.807, 2.05) is 20.8 Å². The Bertz CT molecular complexity index is 1130. The largest absolute Gasteiger partial charge is 0.317 e. The predicted octanol–water partition coefficient (Wildman–Crippen LogP) is 6.08. The first-order valence-corrected chi connectivity index (χ1v) is 12.7. The molecule has 2 aromatic rings. The molecule has 1 amide bonds. The minimum absolute atomic E-state index is 0.112. The number of carbonyl (C=O) groups is 1. The topological polar surface area (TPSA) is 89.6 Å². The van der Waals surface area contributed by atoms with Gasteiger partial charge in [0.05, 0.1) is 11.1 Å². The van der Waals surface area contributed by atoms with Crippen LogP contribution in [0, 0.1) is 54.8 Å². The van der Waals surface area contributed by atoms with E-state index in [0.717, 1.165) is 41.6 Å². The van der Waals surface area contributed by atoms with Crippen molar-refractivity contribution in [1.82, 2.24) is 4.98 Å². The maximum Gasteiger partial charge on any atom is 0.225 e. The summed E-state index contributed by atoms with van der Waals surface area (Å²) >= 11 is 2.99. The van der Waals surface area contributed by atoms with Gasteiger partial charge in [0, 0.05) is 22.7 Å². The lowest BCUT2D eigenvalue weighted by atomic mass is 9.72. The normalized spacial score (nSPS) is 15.6. The maximum absolute atomic E-state index is 12.6. The number of pyridine rings is 1. The molecule has 0 spiro atoms. The molecule has 0 radical (unpaired) electrons. The molecule has 0 bridgehead atoms. The molecule has 0 fully saturated rings. The summed E-state index contributed by atoms with van der Waals surface area (Å²) in [6, 6.07) is 4.57. The van der Waals surface area contributed by atoms with Crippen molar-refractivity contribution in [1.29, 1.82) is 10.5 Å². The van der Waals surface area contributed by atoms with Crippen molar-refractivity contribution in [2.24, 2.45) is 11.3 Å². The first-order chi connectivity index (χ1) is 15.1. The van der Waals surface area contributed by atoms with E-state index < -0.39 is 0 Å². The van der Waals surface area contributed by atoms with E-state index in [4.69, 9.17) is 0 Å². The van der Waals surface area contributed by atoms with Gasteiger partial charge in [0.25, 0.3) is 0 Å². The number of carbonyl (C=O) groups excluding carboxylic acids is 1. The zero-order valence-corrected chi connectivity index (χ0v) is 21.3. The van der Waals surface area contributed by atoms with E-state index in [2.05, 4.69) is 43.2 Å². The number of thioether (sulfide) groups is 1. The number of fused-ring (bicyclic) bond motifs is 1. The van der Waals surface area contributed by atoms with Gasteiger partial charge in [0.1, 0.15) is 22.2 Å². The summed E-state index contributed by atoms with van der Waals surface area (Å²) in [5.74, 6) is 0.997. The highest BCUT2D eigenvalue weighted by molar-refractivity contribution is 7.99. The average Bonchev–Trinajstić information content (AvgIpc) is 3.07. The number of anilines is 1. The van der Waals surface area contributed by atoms with Crippen LogP contribution in [0.25, 0.3) is 0 Å². The molecule has 7 heteroatoms. The zero-order chi connectivity index (χ0) is 23.6. The quantitative estimate of drug-likeness (QED) is 0.539. The van der Waals surface area contributed by atoms with Crippen molar-refractivity contribution in [3.63, 3.8) is 0 Å². The van der Waals surface area contributed by atoms with Crippen molar-refractivity contribution in [3.8, 4) is 12.1 Å². The minimum Gasteiger partial charge on any atom is -0.317 e. The molecule has 32 heavy (non-hydrogen) atoms. The van der Waals surface area contributed by atoms with Crippen molar-refractivity contribution < 1.29 is 4.79 Å². The second-order valence-corrected chi connectivity index (χ2v) is 11.7. The zero-order valence-electron chi connectivity index (χ0n) is 19.7. The van der Waals surface area contributed by atoms with Gasteiger partial charge in [0.15, 0.2) is 0 Å². The second-order valence-electron chi connectivity index (χ2n) is 9.51. The molecule has 2 aromatic heterocycles. The Morgan fingerprint density at radius 1 is 1.19 bits per heavy atom. The monoisotopic (exact) mass is 466 g/mol. The van der Waals surface area contributed by atoms with E-state index in [-0.39, 0.29) is 11.3 Å². The Morgan fingerprint density at radius 3 is 2.50 bits per heavy atom. The Hall–Kier alpha value is -2.35. The Kier molecular flexibility index (Phi) is 7.32. The van der Waals surface area contributed by atoms with Crippen LogP contribution in [-0.4, -0.2) is 16.6 Å². The summed E-state index contributed by atoms with van der Waals surface area (Å²) < 4.78 is 0. The molecular weight excluding hydrogens is 436 g/mol. The smallest absolute Gasteiger partial charge is 0.225 e. The van der Waals surface area contributed by atoms with E-state index >= 15 is 0 Å². The Balaban J connectivity index is 1.67. The third-order valence-corrected chi connectivity index (χ3v) is 8.64. The number of nitriles is 2. The summed E-state index contributed by atoms with van der Waals surface area (Å²) in [4.78, 5) is 18.4. The van der Waals surface area contributed by atoms with Crippen molar-refractivity contribution >= 4 is 34.0 Å². The van der Waals surface area contributed by atoms with Crippen molar-refractivity contribution in [2.75, 3.05) is 11.1 Å². The fourth-order valence-electron chi connectivity index (χ4n) is 4.11. The molecule has 0 aromatic carbocycles. The molecule has 1 atom stereocenters. The van der Waals surface area contributed by atoms with Crippen LogP contribution in [0.2, 0.25) is 0 Å². The molecule has 5 nitrogen and oxygen atoms in total. The number of amides is 1. The Labute approximate surface area is 199 Å².